The van der Waals surface area contributed by atoms with Gasteiger partial charge in [-0.15, -0.1) is 90.9 Å². The van der Waals surface area contributed by atoms with E-state index in [1.807, 2.05) is 130 Å². The van der Waals surface area contributed by atoms with Gasteiger partial charge in [0.1, 0.15) is 32.9 Å². The fraction of sp³-hybridized carbons (Fsp3) is 0.301. The summed E-state index contributed by atoms with van der Waals surface area (Å²) in [7, 11) is 1.67. The van der Waals surface area contributed by atoms with Gasteiger partial charge in [0, 0.05) is 49.3 Å². The van der Waals surface area contributed by atoms with E-state index < -0.39 is 38.9 Å². The van der Waals surface area contributed by atoms with E-state index in [0.29, 0.717) is 73.5 Å². The van der Waals surface area contributed by atoms with Crippen LogP contribution < -0.4 is 14.2 Å². The zero-order chi connectivity index (χ0) is 88.3. The average Bonchev–Trinajstić information content (AvgIpc) is 1.67. The summed E-state index contributed by atoms with van der Waals surface area (Å²) in [6.45, 7) is 11.3. The molecule has 0 radical (unpaired) electrons. The number of nitrogens with zero attached hydrogens (tertiary/aromatic N) is 12. The Morgan fingerprint density at radius 3 is 1.20 bits per heavy atom. The number of carbonyl (C=O) groups excluding carboxylic acids is 2. The molecule has 23 nitrogen and oxygen atoms in total. The predicted octanol–water partition coefficient (Wildman–Crippen LogP) is 22.7. The number of aromatic nitrogens is 9. The number of likely N-dealkylation sites (tertiary alicyclic amines) is 3. The Kier molecular flexibility index (Phi) is 31.8. The van der Waals surface area contributed by atoms with E-state index in [0.717, 1.165) is 144 Å². The van der Waals surface area contributed by atoms with Crippen molar-refractivity contribution in [3.63, 3.8) is 0 Å². The second-order valence-electron chi connectivity index (χ2n) is 30.9. The molecule has 1 amide bonds. The molecular formula is C93H89BrF6N12O11S3Se. The van der Waals surface area contributed by atoms with Crippen LogP contribution in [0.4, 0.5) is 31.1 Å². The van der Waals surface area contributed by atoms with Crippen molar-refractivity contribution >= 4 is 107 Å². The van der Waals surface area contributed by atoms with Crippen molar-refractivity contribution in [2.45, 2.75) is 134 Å². The third kappa shape index (κ3) is 26.6. The van der Waals surface area contributed by atoms with E-state index in [1.165, 1.54) is 57.9 Å². The van der Waals surface area contributed by atoms with Crippen LogP contribution in [0.25, 0.3) is 64.0 Å². The van der Waals surface area contributed by atoms with E-state index >= 15 is 0 Å². The third-order valence-corrected chi connectivity index (χ3v) is 24.5. The van der Waals surface area contributed by atoms with Gasteiger partial charge in [-0.05, 0) is 208 Å². The Hall–Kier alpha value is -11.5. The first-order chi connectivity index (χ1) is 60.8. The maximum atomic E-state index is 13.1. The summed E-state index contributed by atoms with van der Waals surface area (Å²) < 4.78 is 130. The molecule has 3 aliphatic rings. The second kappa shape index (κ2) is 43.3. The molecule has 3 fully saturated rings. The molecule has 34 heteroatoms. The van der Waals surface area contributed by atoms with Crippen LogP contribution in [-0.2, 0) is 43.7 Å². The van der Waals surface area contributed by atoms with Crippen LogP contribution in [-0.4, -0.2) is 152 Å². The summed E-state index contributed by atoms with van der Waals surface area (Å²) in [5.74, 6) is 3.25. The van der Waals surface area contributed by atoms with Crippen molar-refractivity contribution in [1.29, 1.82) is 0 Å². The number of thiazole rings is 3. The topological polar surface area (TPSA) is 270 Å². The van der Waals surface area contributed by atoms with Gasteiger partial charge in [-0.3, -0.25) is 14.6 Å². The van der Waals surface area contributed by atoms with Gasteiger partial charge in [-0.2, -0.15) is 0 Å². The molecule has 3 aliphatic heterocycles. The Balaban J connectivity index is 0.000000152. The van der Waals surface area contributed by atoms with Crippen molar-refractivity contribution in [3.8, 4) is 50.6 Å². The number of benzene rings is 9. The number of amides is 1. The van der Waals surface area contributed by atoms with Crippen LogP contribution in [0.3, 0.4) is 0 Å². The third-order valence-electron chi connectivity index (χ3n) is 20.8. The van der Waals surface area contributed by atoms with Crippen LogP contribution in [0.15, 0.2) is 232 Å². The Morgan fingerprint density at radius 1 is 0.449 bits per heavy atom. The minimum absolute atomic E-state index is 0. The van der Waals surface area contributed by atoms with Crippen molar-refractivity contribution in [1.82, 2.24) is 60.2 Å². The number of alkyl halides is 7. The van der Waals surface area contributed by atoms with Crippen LogP contribution in [0.2, 0.25) is 0 Å². The first kappa shape index (κ1) is 93.2. The molecule has 0 N–H and O–H groups in total. The van der Waals surface area contributed by atoms with Gasteiger partial charge in [0.15, 0.2) is 5.01 Å². The molecule has 3 saturated heterocycles. The summed E-state index contributed by atoms with van der Waals surface area (Å²) in [5, 5.41) is 28.5. The van der Waals surface area contributed by atoms with Gasteiger partial charge < -0.3 is 37.1 Å². The maximum absolute atomic E-state index is 13.1. The summed E-state index contributed by atoms with van der Waals surface area (Å²) in [5.41, 5.74) is 12.1. The SMILES string of the molecule is C.CC(C)(C)OC(=O)N1CCC(c2nnc(Cc3nc4ccc(-c5ccccc5)cc4s3)o2)CC1.COc1ccc(CBr)cc1.FC(F)(F)Oc1ccc(CN2CCC(c3nnc(Cc4nc5ccc(-c6ccccc6)cc5s4)o3)CC2)cc1.O=C(c1nnc(C2CCN(Cc3ccc(OC(F)(F)F)cc3)CC2)o1)c1nc2ccc(-c3ccccc3)cc2s1.O=[Se]=O. The number of carbonyl (C=O) groups is 2. The van der Waals surface area contributed by atoms with Gasteiger partial charge in [-0.1, -0.05) is 169 Å². The fourth-order valence-corrected chi connectivity index (χ4v) is 17.8. The molecule has 0 atom stereocenters. The van der Waals surface area contributed by atoms with Crippen LogP contribution in [0, 0.1) is 0 Å². The first-order valence-electron chi connectivity index (χ1n) is 40.4. The van der Waals surface area contributed by atoms with E-state index in [4.69, 9.17) is 40.4 Å². The van der Waals surface area contributed by atoms with E-state index in [1.54, 1.807) is 58.9 Å². The fourth-order valence-electron chi connectivity index (χ4n) is 14.5. The quantitative estimate of drug-likeness (QED) is 0.0297. The summed E-state index contributed by atoms with van der Waals surface area (Å²) in [6.07, 6.45) is -3.80. The van der Waals surface area contributed by atoms with Gasteiger partial charge in [0.2, 0.25) is 29.5 Å². The molecule has 9 aromatic carbocycles. The van der Waals surface area contributed by atoms with E-state index in [-0.39, 0.29) is 48.7 Å². The standard InChI is InChI=1S/C29H23F3N4O3S.C29H25F3N4O2S.C26H28N4O3S.C8H9BrO.CH4.O2Se/c30-29(31,32)39-22-9-6-18(7-10-22)17-36-14-12-20(13-15-36)26-34-35-27(38-26)25(37)28-33-23-11-8-21(16-24(23)40-28)19-4-2-1-3-5-19;30-29(31,32)38-23-9-6-19(7-10-23)18-36-14-12-21(13-15-36)28-35-34-26(37-28)17-27-33-24-11-8-22(16-25(24)39-27)20-4-2-1-3-5-20;1-26(2,3)33-25(31)30-13-11-18(12-14-30)24-29-28-22(32-24)16-23-27-20-10-9-19(15-21(20)34-23)17-7-5-4-6-8-17;1-10-8-4-2-7(6-9)3-5-8;;1-3-2/h1-11,16,20H,12-15,17H2;1-11,16,21H,12-15,17-18H2;4-10,15,18H,11-14,16H2,1-3H3;2-5H,6H2,1H3;1H4;. The zero-order valence-electron chi connectivity index (χ0n) is 68.7. The van der Waals surface area contributed by atoms with E-state index in [2.05, 4.69) is 131 Å². The molecule has 6 aromatic heterocycles. The number of hydrogen-bond acceptors (Lipinski definition) is 25. The Morgan fingerprint density at radius 2 is 0.811 bits per heavy atom. The number of methoxy groups -OCH3 is 1. The first-order valence-corrected chi connectivity index (χ1v) is 45.4. The Bertz CT molecular complexity index is 6090. The molecule has 127 heavy (non-hydrogen) atoms. The normalized spacial score (nSPS) is 14.2. The number of ketones is 1. The van der Waals surface area contributed by atoms with Gasteiger partial charge >= 0.3 is 41.3 Å². The van der Waals surface area contributed by atoms with Crippen molar-refractivity contribution in [2.24, 2.45) is 0 Å². The number of halogens is 7. The molecular weight excluding hydrogens is 1830 g/mol. The second-order valence-corrected chi connectivity index (χ2v) is 35.0. The number of fused-ring (bicyclic) bond motifs is 3. The summed E-state index contributed by atoms with van der Waals surface area (Å²) >= 11 is 6.34. The molecule has 0 bridgehead atoms. The van der Waals surface area contributed by atoms with Gasteiger partial charge in [-0.25, -0.2) is 19.7 Å². The number of hydrogen-bond donors (Lipinski definition) is 0. The number of rotatable bonds is 20. The van der Waals surface area contributed by atoms with Crippen LogP contribution >= 0.6 is 49.9 Å². The van der Waals surface area contributed by atoms with Crippen LogP contribution in [0.5, 0.6) is 17.2 Å². The predicted molar refractivity (Wildman–Crippen MR) is 477 cm³/mol. The Labute approximate surface area is 754 Å². The average molecular weight is 1920 g/mol. The molecule has 9 heterocycles. The summed E-state index contributed by atoms with van der Waals surface area (Å²) in [4.78, 5) is 45.6. The van der Waals surface area contributed by atoms with Crippen molar-refractivity contribution in [2.75, 3.05) is 46.4 Å². The molecule has 0 aliphatic carbocycles. The van der Waals surface area contributed by atoms with Gasteiger partial charge in [0.05, 0.1) is 50.6 Å². The van der Waals surface area contributed by atoms with Crippen LogP contribution in [0.1, 0.15) is 156 Å². The number of piperidine rings is 3. The molecule has 18 rings (SSSR count). The molecule has 0 saturated carbocycles. The minimum atomic E-state index is -4.70. The monoisotopic (exact) mass is 1920 g/mol. The molecule has 660 valence electrons. The van der Waals surface area contributed by atoms with Crippen molar-refractivity contribution in [3.05, 3.63) is 285 Å². The van der Waals surface area contributed by atoms with Crippen molar-refractivity contribution < 1.29 is 75.8 Å². The van der Waals surface area contributed by atoms with E-state index in [9.17, 15) is 35.9 Å². The summed E-state index contributed by atoms with van der Waals surface area (Å²) in [6, 6.07) is 69.1. The molecule has 0 unspecified atom stereocenters. The number of ether oxygens (including phenoxy) is 4. The molecule has 15 aromatic rings. The van der Waals surface area contributed by atoms with Gasteiger partial charge in [0.25, 0.3) is 11.7 Å². The zero-order valence-corrected chi connectivity index (χ0v) is 74.4. The molecule has 0 spiro atoms.